The van der Waals surface area contributed by atoms with E-state index in [1.807, 2.05) is 16.7 Å². The Labute approximate surface area is 207 Å². The minimum atomic E-state index is -1.00. The van der Waals surface area contributed by atoms with Gasteiger partial charge in [-0.3, -0.25) is 9.69 Å². The van der Waals surface area contributed by atoms with Crippen LogP contribution in [0.1, 0.15) is 30.6 Å². The molecule has 1 aromatic carbocycles. The molecule has 2 aliphatic heterocycles. The van der Waals surface area contributed by atoms with Gasteiger partial charge in [0.1, 0.15) is 0 Å². The number of ether oxygens (including phenoxy) is 1. The largest absolute Gasteiger partial charge is 0.490 e. The summed E-state index contributed by atoms with van der Waals surface area (Å²) in [7, 11) is 0. The van der Waals surface area contributed by atoms with Gasteiger partial charge < -0.3 is 15.0 Å². The van der Waals surface area contributed by atoms with Gasteiger partial charge >= 0.3 is 0 Å². The number of anilines is 1. The van der Waals surface area contributed by atoms with E-state index in [0.717, 1.165) is 17.8 Å². The molecule has 5 rings (SSSR count). The Bertz CT molecular complexity index is 1240. The van der Waals surface area contributed by atoms with Crippen LogP contribution in [0.4, 0.5) is 14.5 Å². The summed E-state index contributed by atoms with van der Waals surface area (Å²) in [5.74, 6) is -1.16. The number of benzene rings is 1. The van der Waals surface area contributed by atoms with Crippen molar-refractivity contribution in [3.63, 3.8) is 0 Å². The highest BCUT2D eigenvalue weighted by Crippen LogP contribution is 2.36. The quantitative estimate of drug-likeness (QED) is 0.500. The smallest absolute Gasteiger partial charge is 0.234 e. The molecule has 1 amide bonds. The molecule has 0 aliphatic carbocycles. The molecule has 1 saturated heterocycles. The number of carbonyl (C=O) groups excluding carboxylic acids is 1. The average molecular weight is 496 g/mol. The van der Waals surface area contributed by atoms with Crippen molar-refractivity contribution in [1.82, 2.24) is 30.2 Å². The van der Waals surface area contributed by atoms with Crippen LogP contribution in [0.25, 0.3) is 11.6 Å². The molecule has 188 valence electrons. The number of rotatable bonds is 7. The van der Waals surface area contributed by atoms with E-state index in [-0.39, 0.29) is 24.3 Å². The molecule has 1 atom stereocenters. The number of amides is 1. The van der Waals surface area contributed by atoms with Crippen molar-refractivity contribution in [2.24, 2.45) is 0 Å². The predicted octanol–water partition coefficient (Wildman–Crippen LogP) is 2.54. The van der Waals surface area contributed by atoms with Crippen molar-refractivity contribution < 1.29 is 18.3 Å². The maximum Gasteiger partial charge on any atom is 0.234 e. The van der Waals surface area contributed by atoms with E-state index in [2.05, 4.69) is 25.3 Å². The third-order valence-corrected chi connectivity index (χ3v) is 6.48. The second-order valence-corrected chi connectivity index (χ2v) is 8.86. The Morgan fingerprint density at radius 3 is 2.78 bits per heavy atom. The summed E-state index contributed by atoms with van der Waals surface area (Å²) in [5.41, 5.74) is 2.34. The van der Waals surface area contributed by atoms with Crippen LogP contribution in [0, 0.1) is 11.6 Å². The highest BCUT2D eigenvalue weighted by Gasteiger charge is 2.28. The van der Waals surface area contributed by atoms with Crippen molar-refractivity contribution in [1.29, 1.82) is 0 Å². The Balaban J connectivity index is 1.27. The number of aromatic nitrogens is 4. The van der Waals surface area contributed by atoms with Crippen LogP contribution in [-0.2, 0) is 11.2 Å². The predicted molar refractivity (Wildman–Crippen MR) is 128 cm³/mol. The van der Waals surface area contributed by atoms with Crippen LogP contribution in [0.2, 0.25) is 0 Å². The van der Waals surface area contributed by atoms with Gasteiger partial charge in [0.05, 0.1) is 24.9 Å². The van der Waals surface area contributed by atoms with E-state index >= 15 is 0 Å². The second-order valence-electron chi connectivity index (χ2n) is 8.86. The molecule has 2 aromatic heterocycles. The van der Waals surface area contributed by atoms with Gasteiger partial charge in [-0.15, -0.1) is 0 Å². The molecule has 2 aliphatic rings. The number of nitrogens with one attached hydrogen (secondary N) is 1. The lowest BCUT2D eigenvalue weighted by atomic mass is 9.98. The first-order valence-corrected chi connectivity index (χ1v) is 12.0. The summed E-state index contributed by atoms with van der Waals surface area (Å²) in [4.78, 5) is 33.0. The van der Waals surface area contributed by atoms with Crippen LogP contribution in [-0.4, -0.2) is 70.1 Å². The van der Waals surface area contributed by atoms with Crippen LogP contribution in [0.3, 0.4) is 0 Å². The van der Waals surface area contributed by atoms with Gasteiger partial charge in [0.25, 0.3) is 0 Å². The lowest BCUT2D eigenvalue weighted by molar-refractivity contribution is -0.124. The average Bonchev–Trinajstić information content (AvgIpc) is 2.89. The molecule has 0 bridgehead atoms. The van der Waals surface area contributed by atoms with Crippen molar-refractivity contribution in [2.75, 3.05) is 44.2 Å². The minimum Gasteiger partial charge on any atom is -0.490 e. The fourth-order valence-corrected chi connectivity index (χ4v) is 4.61. The zero-order chi connectivity index (χ0) is 25.1. The first-order chi connectivity index (χ1) is 17.5. The topological polar surface area (TPSA) is 96.4 Å². The lowest BCUT2D eigenvalue weighted by Gasteiger charge is -2.36. The summed E-state index contributed by atoms with van der Waals surface area (Å²) in [5, 5.41) is 2.78. The molecule has 3 aromatic rings. The summed E-state index contributed by atoms with van der Waals surface area (Å²) < 4.78 is 34.7. The van der Waals surface area contributed by atoms with Crippen molar-refractivity contribution in [3.05, 3.63) is 59.7 Å². The first kappa shape index (κ1) is 24.0. The molecular weight excluding hydrogens is 468 g/mol. The number of piperazine rings is 1. The van der Waals surface area contributed by atoms with E-state index < -0.39 is 11.6 Å². The second kappa shape index (κ2) is 10.5. The fourth-order valence-electron chi connectivity index (χ4n) is 4.61. The van der Waals surface area contributed by atoms with Crippen LogP contribution in [0.5, 0.6) is 5.75 Å². The fraction of sp³-hybridized carbons (Fsp3) is 0.400. The Morgan fingerprint density at radius 1 is 1.14 bits per heavy atom. The lowest BCUT2D eigenvalue weighted by Crippen LogP contribution is -2.47. The number of hydrogen-bond donors (Lipinski definition) is 1. The molecule has 0 spiro atoms. The maximum absolute atomic E-state index is 14.5. The highest BCUT2D eigenvalue weighted by molar-refractivity contribution is 5.78. The van der Waals surface area contributed by atoms with Gasteiger partial charge in [-0.2, -0.15) is 4.39 Å². The summed E-state index contributed by atoms with van der Waals surface area (Å²) in [6.45, 7) is 5.14. The number of nitrogens with zero attached hydrogens (tertiary/aromatic N) is 6. The number of hydrogen-bond acceptors (Lipinski definition) is 8. The van der Waals surface area contributed by atoms with Gasteiger partial charge in [0.15, 0.2) is 23.2 Å². The van der Waals surface area contributed by atoms with Crippen LogP contribution >= 0.6 is 0 Å². The number of halogens is 2. The van der Waals surface area contributed by atoms with Crippen molar-refractivity contribution in [2.45, 2.75) is 25.8 Å². The third-order valence-electron chi connectivity index (χ3n) is 6.48. The first-order valence-electron chi connectivity index (χ1n) is 12.0. The minimum absolute atomic E-state index is 0.00441. The molecule has 0 saturated carbocycles. The van der Waals surface area contributed by atoms with E-state index in [0.29, 0.717) is 56.4 Å². The highest BCUT2D eigenvalue weighted by atomic mass is 19.2. The molecular formula is C25H27F2N7O2. The molecule has 4 heterocycles. The number of carbonyl (C=O) groups is 1. The zero-order valence-electron chi connectivity index (χ0n) is 20.0. The Hall–Kier alpha value is -3.73. The molecule has 0 radical (unpaired) electrons. The van der Waals surface area contributed by atoms with E-state index in [1.54, 1.807) is 30.7 Å². The maximum atomic E-state index is 14.5. The van der Waals surface area contributed by atoms with Gasteiger partial charge in [-0.25, -0.2) is 24.3 Å². The normalized spacial score (nSPS) is 18.0. The van der Waals surface area contributed by atoms with Gasteiger partial charge in [0, 0.05) is 74.6 Å². The summed E-state index contributed by atoms with van der Waals surface area (Å²) >= 11 is 0. The zero-order valence-corrected chi connectivity index (χ0v) is 20.0. The molecule has 11 heteroatoms. The van der Waals surface area contributed by atoms with E-state index in [9.17, 15) is 13.6 Å². The van der Waals surface area contributed by atoms with Gasteiger partial charge in [-0.05, 0) is 19.4 Å². The molecule has 9 nitrogen and oxygen atoms in total. The molecule has 1 fully saturated rings. The monoisotopic (exact) mass is 495 g/mol. The number of fused-ring (bicyclic) bond motifs is 1. The molecule has 36 heavy (non-hydrogen) atoms. The summed E-state index contributed by atoms with van der Waals surface area (Å²) in [6, 6.07) is 4.32. The van der Waals surface area contributed by atoms with E-state index in [4.69, 9.17) is 4.74 Å². The summed E-state index contributed by atoms with van der Waals surface area (Å²) in [6.07, 6.45) is 6.25. The van der Waals surface area contributed by atoms with E-state index in [1.165, 1.54) is 6.07 Å². The van der Waals surface area contributed by atoms with Crippen molar-refractivity contribution in [3.8, 4) is 17.4 Å². The Morgan fingerprint density at radius 2 is 1.97 bits per heavy atom. The molecule has 1 N–H and O–H groups in total. The van der Waals surface area contributed by atoms with Crippen molar-refractivity contribution >= 4 is 11.6 Å². The Kier molecular flexibility index (Phi) is 6.99. The third kappa shape index (κ3) is 5.11. The standard InChI is InChI=1S/C25H27F2N7O2/c1-16-18-14-31-25(24-29-5-2-6-30-24)32-20(18)4-9-34(16)17-12-19(26)23(27)21(13-17)36-11-3-8-33-10-7-28-22(35)15-33/h2,5-6,12-14,16H,3-4,7-11,15H2,1H3,(H,28,35). The van der Waals surface area contributed by atoms with Crippen LogP contribution < -0.4 is 15.0 Å². The molecule has 1 unspecified atom stereocenters. The van der Waals surface area contributed by atoms with Gasteiger partial charge in [-0.1, -0.05) is 0 Å². The van der Waals surface area contributed by atoms with Gasteiger partial charge in [0.2, 0.25) is 11.7 Å². The SMILES string of the molecule is CC1c2cnc(-c3ncccn3)nc2CCN1c1cc(F)c(F)c(OCCCN2CCNC(=O)C2)c1. The van der Waals surface area contributed by atoms with Crippen LogP contribution in [0.15, 0.2) is 36.8 Å².